The van der Waals surface area contributed by atoms with Gasteiger partial charge in [-0.25, -0.2) is 0 Å². The van der Waals surface area contributed by atoms with E-state index in [9.17, 15) is 14.4 Å². The minimum absolute atomic E-state index is 0.0656. The summed E-state index contributed by atoms with van der Waals surface area (Å²) in [5.74, 6) is -0.0803. The van der Waals surface area contributed by atoms with Crippen molar-refractivity contribution in [3.8, 4) is 0 Å². The van der Waals surface area contributed by atoms with Crippen LogP contribution >= 0.6 is 0 Å². The van der Waals surface area contributed by atoms with Crippen molar-refractivity contribution in [2.45, 2.75) is 239 Å². The van der Waals surface area contributed by atoms with Crippen LogP contribution in [-0.4, -0.2) is 37.2 Å². The molecule has 0 bridgehead atoms. The van der Waals surface area contributed by atoms with E-state index in [1.165, 1.54) is 122 Å². The van der Waals surface area contributed by atoms with Crippen LogP contribution in [0, 0.1) is 5.92 Å². The van der Waals surface area contributed by atoms with Gasteiger partial charge in [-0.1, -0.05) is 195 Å². The molecule has 0 aromatic heterocycles. The standard InChI is InChI=1S/C43H82O6/c1-5-7-9-11-12-13-14-15-16-17-18-19-23-27-31-35-42(45)48-38-40(37-47-41(44)34-30-25-10-8-6-2)49-43(46)36-32-28-24-21-20-22-26-29-33-39(3)4/h39-40H,5-38H2,1-4H3/t40-/m0/s1. The first kappa shape index (κ1) is 47.4. The molecular weight excluding hydrogens is 612 g/mol. The summed E-state index contributed by atoms with van der Waals surface area (Å²) >= 11 is 0. The lowest BCUT2D eigenvalue weighted by Crippen LogP contribution is -2.30. The van der Waals surface area contributed by atoms with Gasteiger partial charge in [-0.2, -0.15) is 0 Å². The van der Waals surface area contributed by atoms with Gasteiger partial charge in [0.1, 0.15) is 13.2 Å². The highest BCUT2D eigenvalue weighted by molar-refractivity contribution is 5.71. The Balaban J connectivity index is 4.19. The molecule has 6 heteroatoms. The maximum absolute atomic E-state index is 12.6. The maximum Gasteiger partial charge on any atom is 0.306 e. The zero-order chi connectivity index (χ0) is 36.0. The van der Waals surface area contributed by atoms with Crippen LogP contribution in [0.1, 0.15) is 233 Å². The van der Waals surface area contributed by atoms with E-state index in [4.69, 9.17) is 14.2 Å². The van der Waals surface area contributed by atoms with Gasteiger partial charge in [0, 0.05) is 19.3 Å². The molecule has 290 valence electrons. The first-order valence-corrected chi connectivity index (χ1v) is 21.4. The lowest BCUT2D eigenvalue weighted by Gasteiger charge is -2.18. The quantitative estimate of drug-likeness (QED) is 0.0364. The van der Waals surface area contributed by atoms with E-state index in [0.29, 0.717) is 19.3 Å². The van der Waals surface area contributed by atoms with Crippen molar-refractivity contribution < 1.29 is 28.6 Å². The normalized spacial score (nSPS) is 11.9. The molecule has 6 nitrogen and oxygen atoms in total. The molecule has 0 aliphatic rings. The van der Waals surface area contributed by atoms with Crippen molar-refractivity contribution in [2.24, 2.45) is 5.92 Å². The average molecular weight is 695 g/mol. The molecule has 0 saturated carbocycles. The number of hydrogen-bond acceptors (Lipinski definition) is 6. The Labute approximate surface area is 304 Å². The van der Waals surface area contributed by atoms with Crippen LogP contribution in [-0.2, 0) is 28.6 Å². The number of unbranched alkanes of at least 4 members (excludes halogenated alkanes) is 25. The van der Waals surface area contributed by atoms with Crippen molar-refractivity contribution in [3.05, 3.63) is 0 Å². The average Bonchev–Trinajstić information content (AvgIpc) is 3.08. The number of rotatable bonds is 38. The zero-order valence-corrected chi connectivity index (χ0v) is 33.1. The van der Waals surface area contributed by atoms with Gasteiger partial charge >= 0.3 is 17.9 Å². The van der Waals surface area contributed by atoms with E-state index in [0.717, 1.165) is 70.1 Å². The first-order chi connectivity index (χ1) is 23.9. The third kappa shape index (κ3) is 37.5. The number of carbonyl (C=O) groups is 3. The van der Waals surface area contributed by atoms with Crippen LogP contribution < -0.4 is 0 Å². The third-order valence-corrected chi connectivity index (χ3v) is 9.54. The van der Waals surface area contributed by atoms with Crippen molar-refractivity contribution >= 4 is 17.9 Å². The molecular formula is C43H82O6. The number of carbonyl (C=O) groups excluding carboxylic acids is 3. The Hall–Kier alpha value is -1.59. The molecule has 0 fully saturated rings. The Kier molecular flexibility index (Phi) is 36.4. The van der Waals surface area contributed by atoms with Crippen LogP contribution in [0.3, 0.4) is 0 Å². The highest BCUT2D eigenvalue weighted by Gasteiger charge is 2.19. The van der Waals surface area contributed by atoms with Gasteiger partial charge in [-0.15, -0.1) is 0 Å². The smallest absolute Gasteiger partial charge is 0.306 e. The summed E-state index contributed by atoms with van der Waals surface area (Å²) in [5.41, 5.74) is 0. The summed E-state index contributed by atoms with van der Waals surface area (Å²) in [6.45, 7) is 8.87. The summed E-state index contributed by atoms with van der Waals surface area (Å²) in [6.07, 6.45) is 35.5. The Morgan fingerprint density at radius 1 is 0.388 bits per heavy atom. The molecule has 0 aromatic rings. The second-order valence-corrected chi connectivity index (χ2v) is 15.1. The topological polar surface area (TPSA) is 78.9 Å². The molecule has 0 rings (SSSR count). The van der Waals surface area contributed by atoms with Gasteiger partial charge in [-0.05, 0) is 25.2 Å². The SMILES string of the molecule is CCCCCCCCCCCCCCCCCC(=O)OC[C@H](COC(=O)CCCCCCC)OC(=O)CCCCCCCCCCC(C)C. The van der Waals surface area contributed by atoms with Crippen LogP contribution in [0.2, 0.25) is 0 Å². The van der Waals surface area contributed by atoms with E-state index < -0.39 is 6.10 Å². The molecule has 0 heterocycles. The van der Waals surface area contributed by atoms with Gasteiger partial charge in [0.2, 0.25) is 0 Å². The van der Waals surface area contributed by atoms with E-state index in [-0.39, 0.29) is 31.1 Å². The van der Waals surface area contributed by atoms with E-state index in [2.05, 4.69) is 27.7 Å². The summed E-state index contributed by atoms with van der Waals surface area (Å²) in [6, 6.07) is 0. The van der Waals surface area contributed by atoms with Gasteiger partial charge in [-0.3, -0.25) is 14.4 Å². The predicted molar refractivity (Wildman–Crippen MR) is 206 cm³/mol. The molecule has 0 aliphatic heterocycles. The lowest BCUT2D eigenvalue weighted by molar-refractivity contribution is -0.167. The number of hydrogen-bond donors (Lipinski definition) is 0. The number of ether oxygens (including phenoxy) is 3. The van der Waals surface area contributed by atoms with Crippen LogP contribution in [0.15, 0.2) is 0 Å². The Morgan fingerprint density at radius 2 is 0.673 bits per heavy atom. The van der Waals surface area contributed by atoms with Crippen molar-refractivity contribution in [1.29, 1.82) is 0 Å². The molecule has 0 aliphatic carbocycles. The lowest BCUT2D eigenvalue weighted by atomic mass is 10.0. The molecule has 0 aromatic carbocycles. The van der Waals surface area contributed by atoms with E-state index in [1.54, 1.807) is 0 Å². The van der Waals surface area contributed by atoms with Crippen LogP contribution in [0.5, 0.6) is 0 Å². The predicted octanol–water partition coefficient (Wildman–Crippen LogP) is 13.2. The molecule has 0 N–H and O–H groups in total. The molecule has 0 spiro atoms. The molecule has 0 saturated heterocycles. The van der Waals surface area contributed by atoms with Gasteiger partial charge in [0.25, 0.3) is 0 Å². The van der Waals surface area contributed by atoms with E-state index in [1.807, 2.05) is 0 Å². The maximum atomic E-state index is 12.6. The largest absolute Gasteiger partial charge is 0.462 e. The van der Waals surface area contributed by atoms with Crippen LogP contribution in [0.25, 0.3) is 0 Å². The zero-order valence-electron chi connectivity index (χ0n) is 33.1. The Bertz CT molecular complexity index is 736. The summed E-state index contributed by atoms with van der Waals surface area (Å²) in [5, 5.41) is 0. The molecule has 0 radical (unpaired) electrons. The highest BCUT2D eigenvalue weighted by atomic mass is 16.6. The molecule has 49 heavy (non-hydrogen) atoms. The molecule has 1 atom stereocenters. The van der Waals surface area contributed by atoms with Gasteiger partial charge in [0.15, 0.2) is 6.10 Å². The minimum atomic E-state index is -0.757. The summed E-state index contributed by atoms with van der Waals surface area (Å²) < 4.78 is 16.6. The van der Waals surface area contributed by atoms with E-state index >= 15 is 0 Å². The van der Waals surface area contributed by atoms with Crippen LogP contribution in [0.4, 0.5) is 0 Å². The van der Waals surface area contributed by atoms with Gasteiger partial charge < -0.3 is 14.2 Å². The Morgan fingerprint density at radius 3 is 1.00 bits per heavy atom. The van der Waals surface area contributed by atoms with Crippen molar-refractivity contribution in [3.63, 3.8) is 0 Å². The second kappa shape index (κ2) is 37.7. The van der Waals surface area contributed by atoms with Crippen molar-refractivity contribution in [2.75, 3.05) is 13.2 Å². The minimum Gasteiger partial charge on any atom is -0.462 e. The fourth-order valence-corrected chi connectivity index (χ4v) is 6.27. The van der Waals surface area contributed by atoms with Gasteiger partial charge in [0.05, 0.1) is 0 Å². The third-order valence-electron chi connectivity index (χ3n) is 9.54. The summed E-state index contributed by atoms with van der Waals surface area (Å²) in [7, 11) is 0. The fourth-order valence-electron chi connectivity index (χ4n) is 6.27. The van der Waals surface area contributed by atoms with Crippen molar-refractivity contribution in [1.82, 2.24) is 0 Å². The molecule has 0 amide bonds. The highest BCUT2D eigenvalue weighted by Crippen LogP contribution is 2.16. The molecule has 0 unspecified atom stereocenters. The first-order valence-electron chi connectivity index (χ1n) is 21.4. The monoisotopic (exact) mass is 695 g/mol. The fraction of sp³-hybridized carbons (Fsp3) is 0.930. The second-order valence-electron chi connectivity index (χ2n) is 15.1. The number of esters is 3. The summed E-state index contributed by atoms with van der Waals surface area (Å²) in [4.78, 5) is 37.3.